The van der Waals surface area contributed by atoms with Crippen molar-refractivity contribution in [3.63, 3.8) is 0 Å². The molecule has 0 radical (unpaired) electrons. The van der Waals surface area contributed by atoms with E-state index in [4.69, 9.17) is 4.74 Å². The molecule has 1 amide bonds. The molecular formula is C15H21NO2S. The third-order valence-electron chi connectivity index (χ3n) is 3.86. The van der Waals surface area contributed by atoms with Crippen LogP contribution in [0.5, 0.6) is 0 Å². The lowest BCUT2D eigenvalue weighted by molar-refractivity contribution is -0.124. The van der Waals surface area contributed by atoms with Gasteiger partial charge in [-0.3, -0.25) is 4.79 Å². The molecule has 1 aliphatic rings. The number of hydrogen-bond acceptors (Lipinski definition) is 3. The van der Waals surface area contributed by atoms with E-state index in [1.165, 1.54) is 6.42 Å². The first kappa shape index (κ1) is 14.4. The number of ether oxygens (including phenoxy) is 1. The summed E-state index contributed by atoms with van der Waals surface area (Å²) in [7, 11) is 1.72. The van der Waals surface area contributed by atoms with Crippen molar-refractivity contribution < 1.29 is 9.53 Å². The molecule has 0 spiro atoms. The zero-order valence-electron chi connectivity index (χ0n) is 11.3. The Morgan fingerprint density at radius 3 is 2.63 bits per heavy atom. The topological polar surface area (TPSA) is 38.3 Å². The maximum atomic E-state index is 12.0. The lowest BCUT2D eigenvalue weighted by Crippen LogP contribution is -2.50. The van der Waals surface area contributed by atoms with Gasteiger partial charge in [-0.1, -0.05) is 30.3 Å². The van der Waals surface area contributed by atoms with Crippen LogP contribution in [0.3, 0.4) is 0 Å². The molecule has 2 rings (SSSR count). The van der Waals surface area contributed by atoms with E-state index in [0.717, 1.165) is 18.4 Å². The molecule has 0 heterocycles. The summed E-state index contributed by atoms with van der Waals surface area (Å²) in [4.78, 5) is 12.0. The van der Waals surface area contributed by atoms with Crippen LogP contribution < -0.4 is 5.32 Å². The predicted octanol–water partition coefficient (Wildman–Crippen LogP) is 2.21. The van der Waals surface area contributed by atoms with Gasteiger partial charge in [0.2, 0.25) is 5.91 Å². The Morgan fingerprint density at radius 2 is 2.11 bits per heavy atom. The molecule has 19 heavy (non-hydrogen) atoms. The van der Waals surface area contributed by atoms with Crippen LogP contribution in [0, 0.1) is 0 Å². The van der Waals surface area contributed by atoms with E-state index < -0.39 is 0 Å². The lowest BCUT2D eigenvalue weighted by Gasteiger charge is -2.40. The molecule has 1 fully saturated rings. The minimum Gasteiger partial charge on any atom is -0.376 e. The van der Waals surface area contributed by atoms with Gasteiger partial charge >= 0.3 is 0 Å². The number of nitrogens with one attached hydrogen (secondary N) is 1. The zero-order chi connectivity index (χ0) is 13.7. The molecule has 1 aromatic rings. The first-order valence-corrected chi connectivity index (χ1v) is 7.22. The normalized spacial score (nSPS) is 18.4. The Hall–Kier alpha value is -1.00. The van der Waals surface area contributed by atoms with Crippen LogP contribution in [0.15, 0.2) is 30.3 Å². The number of thiol groups is 1. The monoisotopic (exact) mass is 279 g/mol. The molecule has 0 saturated heterocycles. The van der Waals surface area contributed by atoms with Crippen molar-refractivity contribution >= 4 is 18.5 Å². The second-order valence-corrected chi connectivity index (χ2v) is 5.79. The fourth-order valence-electron chi connectivity index (χ4n) is 2.32. The van der Waals surface area contributed by atoms with Gasteiger partial charge in [-0.2, -0.15) is 12.6 Å². The van der Waals surface area contributed by atoms with Gasteiger partial charge < -0.3 is 10.1 Å². The maximum Gasteiger partial charge on any atom is 0.233 e. The van der Waals surface area contributed by atoms with Crippen molar-refractivity contribution in [3.8, 4) is 0 Å². The van der Waals surface area contributed by atoms with Crippen molar-refractivity contribution in [2.75, 3.05) is 13.7 Å². The minimum absolute atomic E-state index is 0.0180. The molecule has 0 aromatic heterocycles. The van der Waals surface area contributed by atoms with E-state index >= 15 is 0 Å². The smallest absolute Gasteiger partial charge is 0.233 e. The lowest BCUT2D eigenvalue weighted by atomic mass is 9.80. The van der Waals surface area contributed by atoms with Crippen LogP contribution in [-0.4, -0.2) is 30.4 Å². The Labute approximate surface area is 120 Å². The molecule has 0 aliphatic heterocycles. The molecule has 1 aliphatic carbocycles. The van der Waals surface area contributed by atoms with E-state index in [-0.39, 0.29) is 16.8 Å². The molecule has 1 saturated carbocycles. The molecule has 1 atom stereocenters. The second kappa shape index (κ2) is 6.44. The summed E-state index contributed by atoms with van der Waals surface area (Å²) in [5.41, 5.74) is 0.998. The standard InChI is InChI=1S/C15H21NO2S/c1-18-15(8-5-9-15)11-16-14(17)13(19)10-12-6-3-2-4-7-12/h2-4,6-7,13,19H,5,8-11H2,1H3,(H,16,17). The van der Waals surface area contributed by atoms with Crippen LogP contribution in [0.1, 0.15) is 24.8 Å². The molecule has 1 unspecified atom stereocenters. The molecular weight excluding hydrogens is 258 g/mol. The highest BCUT2D eigenvalue weighted by molar-refractivity contribution is 7.81. The highest BCUT2D eigenvalue weighted by Gasteiger charge is 2.37. The summed E-state index contributed by atoms with van der Waals surface area (Å²) < 4.78 is 5.48. The van der Waals surface area contributed by atoms with Crippen molar-refractivity contribution in [3.05, 3.63) is 35.9 Å². The van der Waals surface area contributed by atoms with E-state index in [2.05, 4.69) is 17.9 Å². The first-order chi connectivity index (χ1) is 9.15. The van der Waals surface area contributed by atoms with Crippen LogP contribution in [-0.2, 0) is 16.0 Å². The van der Waals surface area contributed by atoms with Gasteiger partial charge in [-0.25, -0.2) is 0 Å². The maximum absolute atomic E-state index is 12.0. The van der Waals surface area contributed by atoms with Crippen molar-refractivity contribution in [2.45, 2.75) is 36.5 Å². The number of rotatable bonds is 6. The van der Waals surface area contributed by atoms with Crippen LogP contribution in [0.2, 0.25) is 0 Å². The quantitative estimate of drug-likeness (QED) is 0.784. The SMILES string of the molecule is COC1(CNC(=O)C(S)Cc2ccccc2)CCC1. The zero-order valence-corrected chi connectivity index (χ0v) is 12.2. The average Bonchev–Trinajstić information content (AvgIpc) is 2.39. The Bertz CT molecular complexity index is 412. The minimum atomic E-state index is -0.309. The van der Waals surface area contributed by atoms with E-state index in [9.17, 15) is 4.79 Å². The van der Waals surface area contributed by atoms with Crippen molar-refractivity contribution in [2.24, 2.45) is 0 Å². The Kier molecular flexibility index (Phi) is 4.88. The van der Waals surface area contributed by atoms with Gasteiger partial charge in [0.15, 0.2) is 0 Å². The Balaban J connectivity index is 1.79. The predicted molar refractivity (Wildman–Crippen MR) is 79.5 cm³/mol. The van der Waals surface area contributed by atoms with Crippen LogP contribution >= 0.6 is 12.6 Å². The van der Waals surface area contributed by atoms with Gasteiger partial charge in [-0.05, 0) is 31.2 Å². The number of carbonyl (C=O) groups is 1. The largest absolute Gasteiger partial charge is 0.376 e. The molecule has 104 valence electrons. The number of carbonyl (C=O) groups excluding carboxylic acids is 1. The van der Waals surface area contributed by atoms with E-state index in [0.29, 0.717) is 13.0 Å². The highest BCUT2D eigenvalue weighted by atomic mass is 32.1. The van der Waals surface area contributed by atoms with Gasteiger partial charge in [0, 0.05) is 13.7 Å². The molecule has 4 heteroatoms. The van der Waals surface area contributed by atoms with Gasteiger partial charge in [0.05, 0.1) is 10.9 Å². The Morgan fingerprint density at radius 1 is 1.42 bits per heavy atom. The molecule has 1 aromatic carbocycles. The second-order valence-electron chi connectivity index (χ2n) is 5.16. The molecule has 3 nitrogen and oxygen atoms in total. The summed E-state index contributed by atoms with van der Waals surface area (Å²) >= 11 is 4.39. The number of methoxy groups -OCH3 is 1. The third-order valence-corrected chi connectivity index (χ3v) is 4.27. The summed E-state index contributed by atoms with van der Waals surface area (Å²) in [6.45, 7) is 0.591. The molecule has 1 N–H and O–H groups in total. The van der Waals surface area contributed by atoms with Gasteiger partial charge in [0.25, 0.3) is 0 Å². The summed E-state index contributed by atoms with van der Waals surface area (Å²) in [5, 5.41) is 2.65. The molecule has 0 bridgehead atoms. The van der Waals surface area contributed by atoms with Crippen LogP contribution in [0.25, 0.3) is 0 Å². The fraction of sp³-hybridized carbons (Fsp3) is 0.533. The number of amides is 1. The fourth-order valence-corrected chi connectivity index (χ4v) is 2.62. The highest BCUT2D eigenvalue weighted by Crippen LogP contribution is 2.34. The van der Waals surface area contributed by atoms with Gasteiger partial charge in [-0.15, -0.1) is 0 Å². The van der Waals surface area contributed by atoms with Gasteiger partial charge in [0.1, 0.15) is 0 Å². The van der Waals surface area contributed by atoms with E-state index in [1.807, 2.05) is 30.3 Å². The first-order valence-electron chi connectivity index (χ1n) is 6.70. The average molecular weight is 279 g/mol. The summed E-state index contributed by atoms with van der Waals surface area (Å²) in [6, 6.07) is 9.94. The van der Waals surface area contributed by atoms with Crippen molar-refractivity contribution in [1.29, 1.82) is 0 Å². The number of benzene rings is 1. The van der Waals surface area contributed by atoms with Crippen molar-refractivity contribution in [1.82, 2.24) is 5.32 Å². The summed E-state index contributed by atoms with van der Waals surface area (Å²) in [5.74, 6) is -0.0180. The van der Waals surface area contributed by atoms with Crippen LogP contribution in [0.4, 0.5) is 0 Å². The van der Waals surface area contributed by atoms with E-state index in [1.54, 1.807) is 7.11 Å². The third kappa shape index (κ3) is 3.74. The summed E-state index contributed by atoms with van der Waals surface area (Å²) in [6.07, 6.45) is 3.88. The number of hydrogen-bond donors (Lipinski definition) is 2.